The van der Waals surface area contributed by atoms with Crippen molar-refractivity contribution >= 4 is 20.8 Å². The maximum absolute atomic E-state index is 11.1. The van der Waals surface area contributed by atoms with E-state index in [-0.39, 0.29) is 0 Å². The van der Waals surface area contributed by atoms with Crippen molar-refractivity contribution in [3.63, 3.8) is 0 Å². The minimum absolute atomic E-state index is 1.15. The second-order valence-electron chi connectivity index (χ2n) is 5.10. The van der Waals surface area contributed by atoms with Gasteiger partial charge in [-0.25, -0.2) is 16.8 Å². The lowest BCUT2D eigenvalue weighted by molar-refractivity contribution is -0.914. The lowest BCUT2D eigenvalue weighted by atomic mass is 10.1. The number of likely N-dealkylation sites (tertiary alicyclic amines) is 1. The van der Waals surface area contributed by atoms with Gasteiger partial charge in [0.2, 0.25) is 20.8 Å². The summed E-state index contributed by atoms with van der Waals surface area (Å²) in [5.74, 6) is 0. The van der Waals surface area contributed by atoms with Gasteiger partial charge >= 0.3 is 0 Å². The van der Waals surface area contributed by atoms with Crippen molar-refractivity contribution in [3.05, 3.63) is 4.13 Å². The molecule has 1 heterocycles. The summed E-state index contributed by atoms with van der Waals surface area (Å²) in [4.78, 5) is 0. The lowest BCUT2D eigenvalue weighted by Crippen LogP contribution is -2.48. The monoisotopic (exact) mass is 336 g/mol. The first-order valence-electron chi connectivity index (χ1n) is 6.44. The number of nitrogens with zero attached hydrogens (tertiary/aromatic N) is 2. The first-order valence-corrected chi connectivity index (χ1v) is 9.12. The Morgan fingerprint density at radius 2 is 1.45 bits per heavy atom. The summed E-state index contributed by atoms with van der Waals surface area (Å²) >= 11 is 0. The lowest BCUT2D eigenvalue weighted by Gasteiger charge is -2.37. The van der Waals surface area contributed by atoms with E-state index in [1.807, 2.05) is 0 Å². The van der Waals surface area contributed by atoms with Crippen LogP contribution in [0.5, 0.6) is 0 Å². The largest absolute Gasteiger partial charge is 0.379 e. The molecular weight excluding hydrogens is 314 g/mol. The van der Waals surface area contributed by atoms with Crippen molar-refractivity contribution in [2.24, 2.45) is 0 Å². The Morgan fingerprint density at radius 1 is 1.00 bits per heavy atom. The zero-order valence-electron chi connectivity index (χ0n) is 11.8. The van der Waals surface area contributed by atoms with Gasteiger partial charge < -0.3 is 8.61 Å². The molecule has 0 unspecified atom stereocenters. The SMILES string of the molecule is CCCC[N+]1(C)CCCCC1.O=S(=O)(F)[N-]S(=O)(=O)F. The average molecular weight is 336 g/mol. The van der Waals surface area contributed by atoms with E-state index in [2.05, 4.69) is 14.0 Å². The molecule has 6 nitrogen and oxygen atoms in total. The van der Waals surface area contributed by atoms with Gasteiger partial charge in [-0.05, 0) is 25.7 Å². The smallest absolute Gasteiger partial charge is 0.241 e. The number of quaternary nitrogens is 1. The molecule has 0 saturated carbocycles. The average Bonchev–Trinajstić information content (AvgIpc) is 2.23. The molecule has 0 radical (unpaired) electrons. The molecule has 0 aromatic heterocycles. The van der Waals surface area contributed by atoms with Crippen LogP contribution in [0.25, 0.3) is 4.13 Å². The van der Waals surface area contributed by atoms with Crippen LogP contribution in [0.1, 0.15) is 39.0 Å². The molecule has 0 amide bonds. The highest BCUT2D eigenvalue weighted by Crippen LogP contribution is 2.16. The van der Waals surface area contributed by atoms with Crippen molar-refractivity contribution in [1.29, 1.82) is 0 Å². The third-order valence-electron chi connectivity index (χ3n) is 3.13. The van der Waals surface area contributed by atoms with Crippen LogP contribution in [0.15, 0.2) is 0 Å². The normalized spacial score (nSPS) is 19.0. The fourth-order valence-corrected chi connectivity index (χ4v) is 3.00. The van der Waals surface area contributed by atoms with E-state index in [4.69, 9.17) is 0 Å². The Hall–Kier alpha value is -0.320. The molecule has 0 aromatic rings. The number of rotatable bonds is 5. The quantitative estimate of drug-likeness (QED) is 0.569. The Labute approximate surface area is 120 Å². The summed E-state index contributed by atoms with van der Waals surface area (Å²) in [6.07, 6.45) is 7.16. The molecule has 0 aliphatic carbocycles. The van der Waals surface area contributed by atoms with Crippen molar-refractivity contribution in [2.75, 3.05) is 26.7 Å². The van der Waals surface area contributed by atoms with E-state index < -0.39 is 20.8 Å². The summed E-state index contributed by atoms with van der Waals surface area (Å²) in [6, 6.07) is 0. The first kappa shape index (κ1) is 19.7. The zero-order chi connectivity index (χ0) is 15.9. The standard InChI is InChI=1S/C10H22N.F2NO4S2/c1-3-4-8-11(2)9-6-5-7-10-11;1-8(4,5)3-9(2,6)7/h3-10H2,1-2H3;/q+1;-1. The van der Waals surface area contributed by atoms with Crippen molar-refractivity contribution in [2.45, 2.75) is 39.0 Å². The minimum Gasteiger partial charge on any atom is -0.379 e. The molecule has 1 aliphatic heterocycles. The van der Waals surface area contributed by atoms with Crippen LogP contribution in [0, 0.1) is 0 Å². The predicted molar refractivity (Wildman–Crippen MR) is 73.0 cm³/mol. The van der Waals surface area contributed by atoms with Gasteiger partial charge in [0.15, 0.2) is 0 Å². The van der Waals surface area contributed by atoms with Crippen molar-refractivity contribution in [3.8, 4) is 0 Å². The van der Waals surface area contributed by atoms with Crippen LogP contribution >= 0.6 is 0 Å². The fourth-order valence-electron chi connectivity index (χ4n) is 2.15. The minimum atomic E-state index is -5.62. The molecule has 0 N–H and O–H groups in total. The Balaban J connectivity index is 0.000000370. The summed E-state index contributed by atoms with van der Waals surface area (Å²) in [5, 5.41) is 0. The number of halogens is 2. The van der Waals surface area contributed by atoms with Crippen LogP contribution in [0.3, 0.4) is 0 Å². The van der Waals surface area contributed by atoms with E-state index in [1.165, 1.54) is 56.2 Å². The first-order chi connectivity index (χ1) is 8.97. The van der Waals surface area contributed by atoms with Gasteiger partial charge in [-0.2, -0.15) is 0 Å². The van der Waals surface area contributed by atoms with Crippen LogP contribution in [0.2, 0.25) is 0 Å². The zero-order valence-corrected chi connectivity index (χ0v) is 13.4. The summed E-state index contributed by atoms with van der Waals surface area (Å²) in [7, 11) is -8.81. The molecule has 1 saturated heterocycles. The summed E-state index contributed by atoms with van der Waals surface area (Å²) < 4.78 is 61.4. The molecule has 0 spiro atoms. The van der Waals surface area contributed by atoms with E-state index >= 15 is 0 Å². The second-order valence-corrected chi connectivity index (χ2v) is 7.35. The van der Waals surface area contributed by atoms with Gasteiger partial charge in [0.05, 0.1) is 26.7 Å². The van der Waals surface area contributed by atoms with Gasteiger partial charge in [0, 0.05) is 0 Å². The molecule has 10 heteroatoms. The topological polar surface area (TPSA) is 82.4 Å². The molecule has 1 rings (SSSR count). The van der Waals surface area contributed by atoms with Gasteiger partial charge in [-0.1, -0.05) is 13.3 Å². The second kappa shape index (κ2) is 8.20. The maximum Gasteiger partial charge on any atom is 0.241 e. The Morgan fingerprint density at radius 3 is 1.75 bits per heavy atom. The molecule has 1 fully saturated rings. The Kier molecular flexibility index (Phi) is 8.07. The number of piperidine rings is 1. The van der Waals surface area contributed by atoms with Crippen LogP contribution in [-0.2, 0) is 20.8 Å². The highest BCUT2D eigenvalue weighted by Gasteiger charge is 2.23. The number of hydrogen-bond donors (Lipinski definition) is 0. The van der Waals surface area contributed by atoms with Gasteiger partial charge in [-0.3, -0.25) is 0 Å². The summed E-state index contributed by atoms with van der Waals surface area (Å²) in [5.41, 5.74) is 0. The number of unbranched alkanes of at least 4 members (excludes halogenated alkanes) is 1. The van der Waals surface area contributed by atoms with Crippen LogP contribution in [-0.4, -0.2) is 48.0 Å². The van der Waals surface area contributed by atoms with Gasteiger partial charge in [-0.15, -0.1) is 7.77 Å². The molecule has 0 atom stereocenters. The molecule has 1 aliphatic rings. The highest BCUT2D eigenvalue weighted by atomic mass is 32.3. The van der Waals surface area contributed by atoms with Gasteiger partial charge in [0.25, 0.3) is 0 Å². The molecular formula is C10H22F2N2O4S2. The molecule has 122 valence electrons. The predicted octanol–water partition coefficient (Wildman–Crippen LogP) is 2.21. The highest BCUT2D eigenvalue weighted by molar-refractivity contribution is 8.07. The number of hydrogen-bond acceptors (Lipinski definition) is 4. The molecule has 0 aromatic carbocycles. The third kappa shape index (κ3) is 11.5. The molecule has 0 bridgehead atoms. The van der Waals surface area contributed by atoms with Crippen LogP contribution in [0.4, 0.5) is 7.77 Å². The van der Waals surface area contributed by atoms with Crippen molar-refractivity contribution < 1.29 is 29.1 Å². The fraction of sp³-hybridized carbons (Fsp3) is 1.00. The van der Waals surface area contributed by atoms with Gasteiger partial charge in [0.1, 0.15) is 0 Å². The summed E-state index contributed by atoms with van der Waals surface area (Å²) in [6.45, 7) is 6.56. The van der Waals surface area contributed by atoms with E-state index in [9.17, 15) is 24.6 Å². The van der Waals surface area contributed by atoms with Crippen LogP contribution < -0.4 is 0 Å². The third-order valence-corrected chi connectivity index (χ3v) is 4.55. The van der Waals surface area contributed by atoms with E-state index in [0.29, 0.717) is 0 Å². The van der Waals surface area contributed by atoms with E-state index in [0.717, 1.165) is 4.13 Å². The molecule has 20 heavy (non-hydrogen) atoms. The van der Waals surface area contributed by atoms with E-state index in [1.54, 1.807) is 0 Å². The van der Waals surface area contributed by atoms with Crippen molar-refractivity contribution in [1.82, 2.24) is 0 Å². The Bertz CT molecular complexity index is 443. The maximum atomic E-state index is 11.1.